The summed E-state index contributed by atoms with van der Waals surface area (Å²) in [7, 11) is 0. The molecule has 0 amide bonds. The number of nitrogens with one attached hydrogen (secondary N) is 2. The van der Waals surface area contributed by atoms with E-state index in [9.17, 15) is 17.6 Å². The number of fused-ring (bicyclic) bond motifs is 1. The minimum Gasteiger partial charge on any atom is -0.367 e. The summed E-state index contributed by atoms with van der Waals surface area (Å²) in [5.74, 6) is -0.0666. The van der Waals surface area contributed by atoms with Gasteiger partial charge in [0.05, 0.1) is 17.3 Å². The van der Waals surface area contributed by atoms with Gasteiger partial charge in [-0.05, 0) is 35.9 Å². The first-order chi connectivity index (χ1) is 14.3. The summed E-state index contributed by atoms with van der Waals surface area (Å²) in [6.45, 7) is 4.56. The second kappa shape index (κ2) is 8.02. The molecular formula is C20H20F4N6. The molecule has 0 bridgehead atoms. The molecule has 4 rings (SSSR count). The number of nitrogens with zero attached hydrogens (tertiary/aromatic N) is 4. The molecule has 2 heterocycles. The van der Waals surface area contributed by atoms with Crippen LogP contribution in [0.15, 0.2) is 36.4 Å². The molecule has 2 N–H and O–H groups in total. The van der Waals surface area contributed by atoms with E-state index in [0.29, 0.717) is 41.1 Å². The quantitative estimate of drug-likeness (QED) is 0.627. The predicted octanol–water partition coefficient (Wildman–Crippen LogP) is 3.77. The molecule has 0 aliphatic carbocycles. The molecule has 0 spiro atoms. The van der Waals surface area contributed by atoms with Crippen LogP contribution in [-0.4, -0.2) is 41.6 Å². The molecule has 1 atom stereocenters. The maximum Gasteiger partial charge on any atom is 0.416 e. The van der Waals surface area contributed by atoms with E-state index in [2.05, 4.69) is 26.0 Å². The van der Waals surface area contributed by atoms with Crippen LogP contribution in [-0.2, 0) is 6.18 Å². The lowest BCUT2D eigenvalue weighted by Gasteiger charge is -2.30. The van der Waals surface area contributed by atoms with Gasteiger partial charge in [-0.1, -0.05) is 12.1 Å². The second-order valence-electron chi connectivity index (χ2n) is 7.19. The highest BCUT2D eigenvalue weighted by Crippen LogP contribution is 2.33. The van der Waals surface area contributed by atoms with Crippen molar-refractivity contribution in [3.05, 3.63) is 53.3 Å². The summed E-state index contributed by atoms with van der Waals surface area (Å²) in [5, 5.41) is 18.4. The normalized spacial score (nSPS) is 16.0. The van der Waals surface area contributed by atoms with Gasteiger partial charge in [-0.2, -0.15) is 13.2 Å². The Hall–Kier alpha value is -3.01. The third-order valence-corrected chi connectivity index (χ3v) is 5.14. The maximum atomic E-state index is 14.6. The predicted molar refractivity (Wildman–Crippen MR) is 106 cm³/mol. The molecule has 6 nitrogen and oxygen atoms in total. The van der Waals surface area contributed by atoms with Crippen LogP contribution in [0.2, 0.25) is 0 Å². The first kappa shape index (κ1) is 20.3. The SMILES string of the molecule is C[C@@H](Nc1nnnc2cc(F)c(N3CCNCC3)cc12)c1cccc(C(F)(F)F)c1. The zero-order chi connectivity index (χ0) is 21.3. The zero-order valence-corrected chi connectivity index (χ0v) is 16.2. The van der Waals surface area contributed by atoms with E-state index in [1.165, 1.54) is 12.1 Å². The van der Waals surface area contributed by atoms with Gasteiger partial charge in [0.1, 0.15) is 11.3 Å². The maximum absolute atomic E-state index is 14.6. The molecule has 1 aliphatic rings. The van der Waals surface area contributed by atoms with Crippen LogP contribution < -0.4 is 15.5 Å². The Morgan fingerprint density at radius 2 is 1.87 bits per heavy atom. The van der Waals surface area contributed by atoms with Crippen molar-refractivity contribution in [2.24, 2.45) is 0 Å². The van der Waals surface area contributed by atoms with Crippen molar-refractivity contribution >= 4 is 22.4 Å². The Labute approximate surface area is 170 Å². The summed E-state index contributed by atoms with van der Waals surface area (Å²) in [4.78, 5) is 1.94. The summed E-state index contributed by atoms with van der Waals surface area (Å²) >= 11 is 0. The van der Waals surface area contributed by atoms with Gasteiger partial charge in [-0.15, -0.1) is 10.2 Å². The van der Waals surface area contributed by atoms with Crippen LogP contribution in [0.3, 0.4) is 0 Å². The van der Waals surface area contributed by atoms with E-state index in [-0.39, 0.29) is 0 Å². The minimum absolute atomic E-state index is 0.320. The molecule has 1 aliphatic heterocycles. The molecule has 1 aromatic heterocycles. The van der Waals surface area contributed by atoms with E-state index in [0.717, 1.165) is 25.2 Å². The average Bonchev–Trinajstić information content (AvgIpc) is 2.73. The van der Waals surface area contributed by atoms with Crippen molar-refractivity contribution in [1.82, 2.24) is 20.7 Å². The number of rotatable bonds is 4. The van der Waals surface area contributed by atoms with Crippen LogP contribution in [0.5, 0.6) is 0 Å². The van der Waals surface area contributed by atoms with Crippen LogP contribution in [0.4, 0.5) is 29.1 Å². The highest BCUT2D eigenvalue weighted by atomic mass is 19.4. The Morgan fingerprint density at radius 1 is 1.10 bits per heavy atom. The Morgan fingerprint density at radius 3 is 2.60 bits per heavy atom. The fourth-order valence-corrected chi connectivity index (χ4v) is 3.52. The minimum atomic E-state index is -4.42. The fraction of sp³-hybridized carbons (Fsp3) is 0.350. The van der Waals surface area contributed by atoms with Gasteiger partial charge in [0, 0.05) is 37.6 Å². The number of benzene rings is 2. The number of hydrogen-bond donors (Lipinski definition) is 2. The zero-order valence-electron chi connectivity index (χ0n) is 16.2. The van der Waals surface area contributed by atoms with Gasteiger partial charge in [-0.25, -0.2) is 4.39 Å². The molecule has 10 heteroatoms. The Bertz CT molecular complexity index is 1050. The van der Waals surface area contributed by atoms with Crippen molar-refractivity contribution in [3.8, 4) is 0 Å². The first-order valence-electron chi connectivity index (χ1n) is 9.55. The van der Waals surface area contributed by atoms with Gasteiger partial charge in [0.2, 0.25) is 0 Å². The van der Waals surface area contributed by atoms with E-state index in [4.69, 9.17) is 0 Å². The molecule has 0 radical (unpaired) electrons. The van der Waals surface area contributed by atoms with Gasteiger partial charge < -0.3 is 15.5 Å². The summed E-state index contributed by atoms with van der Waals surface area (Å²) in [6, 6.07) is 7.58. The molecule has 1 saturated heterocycles. The van der Waals surface area contributed by atoms with Crippen LogP contribution in [0.1, 0.15) is 24.1 Å². The lowest BCUT2D eigenvalue weighted by atomic mass is 10.0. The molecule has 1 fully saturated rings. The summed E-state index contributed by atoms with van der Waals surface area (Å²) in [5.41, 5.74) is 0.483. The number of halogens is 4. The van der Waals surface area contributed by atoms with Crippen LogP contribution in [0.25, 0.3) is 10.9 Å². The van der Waals surface area contributed by atoms with E-state index < -0.39 is 23.6 Å². The van der Waals surface area contributed by atoms with Gasteiger partial charge in [0.15, 0.2) is 5.82 Å². The van der Waals surface area contributed by atoms with Crippen molar-refractivity contribution in [1.29, 1.82) is 0 Å². The molecule has 2 aromatic carbocycles. The third kappa shape index (κ3) is 4.13. The van der Waals surface area contributed by atoms with Gasteiger partial charge in [0.25, 0.3) is 0 Å². The van der Waals surface area contributed by atoms with E-state index in [1.807, 2.05) is 4.90 Å². The fourth-order valence-electron chi connectivity index (χ4n) is 3.52. The van der Waals surface area contributed by atoms with E-state index in [1.54, 1.807) is 19.1 Å². The topological polar surface area (TPSA) is 66.0 Å². The first-order valence-corrected chi connectivity index (χ1v) is 9.55. The molecule has 3 aromatic rings. The smallest absolute Gasteiger partial charge is 0.367 e. The molecule has 0 saturated carbocycles. The van der Waals surface area contributed by atoms with Crippen molar-refractivity contribution in [2.75, 3.05) is 36.4 Å². The Balaban J connectivity index is 1.67. The second-order valence-corrected chi connectivity index (χ2v) is 7.19. The number of piperazine rings is 1. The molecular weight excluding hydrogens is 400 g/mol. The average molecular weight is 420 g/mol. The van der Waals surface area contributed by atoms with Gasteiger partial charge in [-0.3, -0.25) is 0 Å². The molecule has 0 unspecified atom stereocenters. The number of anilines is 2. The molecule has 30 heavy (non-hydrogen) atoms. The lowest BCUT2D eigenvalue weighted by molar-refractivity contribution is -0.137. The Kier molecular flexibility index (Phi) is 5.42. The lowest BCUT2D eigenvalue weighted by Crippen LogP contribution is -2.43. The van der Waals surface area contributed by atoms with Crippen molar-refractivity contribution < 1.29 is 17.6 Å². The molecule has 158 valence electrons. The van der Waals surface area contributed by atoms with Crippen LogP contribution >= 0.6 is 0 Å². The monoisotopic (exact) mass is 420 g/mol. The van der Waals surface area contributed by atoms with Gasteiger partial charge >= 0.3 is 6.18 Å². The third-order valence-electron chi connectivity index (χ3n) is 5.14. The summed E-state index contributed by atoms with van der Waals surface area (Å²) in [6.07, 6.45) is -4.42. The number of aromatic nitrogens is 3. The van der Waals surface area contributed by atoms with Crippen LogP contribution in [0, 0.1) is 5.82 Å². The number of hydrogen-bond acceptors (Lipinski definition) is 6. The number of alkyl halides is 3. The van der Waals surface area contributed by atoms with Crippen molar-refractivity contribution in [3.63, 3.8) is 0 Å². The standard InChI is InChI=1S/C20H20F4N6/c1-12(13-3-2-4-14(9-13)20(22,23)24)26-19-15-10-18(30-7-5-25-6-8-30)16(21)11-17(15)27-29-28-19/h2-4,9-12,25H,5-8H2,1H3,(H,26,27,28)/t12-/m1/s1. The summed E-state index contributed by atoms with van der Waals surface area (Å²) < 4.78 is 53.7. The largest absolute Gasteiger partial charge is 0.416 e. The van der Waals surface area contributed by atoms with E-state index >= 15 is 0 Å². The highest BCUT2D eigenvalue weighted by molar-refractivity contribution is 5.91. The highest BCUT2D eigenvalue weighted by Gasteiger charge is 2.30. The van der Waals surface area contributed by atoms with Crippen molar-refractivity contribution in [2.45, 2.75) is 19.1 Å².